The minimum Gasteiger partial charge on any atom is -0.346 e. The Balaban J connectivity index is 1.87. The van der Waals surface area contributed by atoms with Crippen molar-refractivity contribution in [3.8, 4) is 0 Å². The Kier molecular flexibility index (Phi) is 2.12. The van der Waals surface area contributed by atoms with Crippen LogP contribution in [0.5, 0.6) is 0 Å². The molecule has 1 aromatic heterocycles. The van der Waals surface area contributed by atoms with E-state index in [-0.39, 0.29) is 5.54 Å². The topological polar surface area (TPSA) is 54.7 Å². The first-order valence-electron chi connectivity index (χ1n) is 5.03. The number of hydrogen-bond donors (Lipinski definition) is 2. The highest BCUT2D eigenvalue weighted by Crippen LogP contribution is 2.36. The predicted octanol–water partition coefficient (Wildman–Crippen LogP) is 1.40. The summed E-state index contributed by atoms with van der Waals surface area (Å²) in [5.41, 5.74) is 7.39. The third kappa shape index (κ3) is 2.10. The van der Waals surface area contributed by atoms with Crippen LogP contribution in [0, 0.1) is 0 Å². The first-order chi connectivity index (χ1) is 6.22. The largest absolute Gasteiger partial charge is 0.346 e. The number of imidazole rings is 1. The van der Waals surface area contributed by atoms with Crippen molar-refractivity contribution in [3.05, 3.63) is 17.7 Å². The molecule has 0 saturated heterocycles. The van der Waals surface area contributed by atoms with Crippen molar-refractivity contribution in [1.82, 2.24) is 9.97 Å². The molecule has 0 aliphatic heterocycles. The molecule has 3 nitrogen and oxygen atoms in total. The highest BCUT2D eigenvalue weighted by Gasteiger charge is 2.37. The third-order valence-electron chi connectivity index (χ3n) is 2.80. The Morgan fingerprint density at radius 3 is 2.92 bits per heavy atom. The molecule has 0 unspecified atom stereocenters. The number of rotatable bonds is 4. The molecule has 1 aliphatic carbocycles. The minimum atomic E-state index is 0.164. The Labute approximate surface area is 78.7 Å². The fourth-order valence-electron chi connectivity index (χ4n) is 1.51. The van der Waals surface area contributed by atoms with Gasteiger partial charge in [0, 0.05) is 23.9 Å². The standard InChI is InChI=1S/C10H17N3/c1-2-9-12-7-8(13-9)3-4-10(11)5-6-10/h7H,2-6,11H2,1H3,(H,12,13). The van der Waals surface area contributed by atoms with E-state index in [1.165, 1.54) is 18.5 Å². The molecule has 3 N–H and O–H groups in total. The van der Waals surface area contributed by atoms with Crippen LogP contribution in [0.25, 0.3) is 0 Å². The van der Waals surface area contributed by atoms with Gasteiger partial charge in [0.15, 0.2) is 0 Å². The summed E-state index contributed by atoms with van der Waals surface area (Å²) in [6.07, 6.45) is 7.45. The summed E-state index contributed by atoms with van der Waals surface area (Å²) in [7, 11) is 0. The zero-order chi connectivity index (χ0) is 9.31. The van der Waals surface area contributed by atoms with Gasteiger partial charge < -0.3 is 10.7 Å². The van der Waals surface area contributed by atoms with Crippen LogP contribution >= 0.6 is 0 Å². The van der Waals surface area contributed by atoms with Crippen molar-refractivity contribution in [3.63, 3.8) is 0 Å². The molecule has 3 heteroatoms. The number of nitrogens with two attached hydrogens (primary N) is 1. The SMILES string of the molecule is CCc1ncc(CCC2(N)CC2)[nH]1. The summed E-state index contributed by atoms with van der Waals surface area (Å²) in [5, 5.41) is 0. The van der Waals surface area contributed by atoms with Crippen molar-refractivity contribution in [2.45, 2.75) is 44.6 Å². The molecule has 0 spiro atoms. The molecule has 1 aromatic rings. The van der Waals surface area contributed by atoms with Gasteiger partial charge in [0.1, 0.15) is 5.82 Å². The van der Waals surface area contributed by atoms with Gasteiger partial charge in [-0.15, -0.1) is 0 Å². The van der Waals surface area contributed by atoms with Gasteiger partial charge in [-0.25, -0.2) is 4.98 Å². The third-order valence-corrected chi connectivity index (χ3v) is 2.80. The van der Waals surface area contributed by atoms with Crippen molar-refractivity contribution in [2.75, 3.05) is 0 Å². The second-order valence-electron chi connectivity index (χ2n) is 4.07. The van der Waals surface area contributed by atoms with E-state index in [9.17, 15) is 0 Å². The monoisotopic (exact) mass is 179 g/mol. The van der Waals surface area contributed by atoms with Gasteiger partial charge in [0.2, 0.25) is 0 Å². The normalized spacial score (nSPS) is 18.9. The van der Waals surface area contributed by atoms with Crippen molar-refractivity contribution >= 4 is 0 Å². The van der Waals surface area contributed by atoms with Crippen LogP contribution in [0.15, 0.2) is 6.20 Å². The van der Waals surface area contributed by atoms with Crippen LogP contribution in [0.2, 0.25) is 0 Å². The fraction of sp³-hybridized carbons (Fsp3) is 0.700. The number of aromatic amines is 1. The molecule has 0 aromatic carbocycles. The van der Waals surface area contributed by atoms with E-state index < -0.39 is 0 Å². The van der Waals surface area contributed by atoms with Gasteiger partial charge in [-0.1, -0.05) is 6.92 Å². The van der Waals surface area contributed by atoms with Crippen LogP contribution in [-0.4, -0.2) is 15.5 Å². The molecule has 1 saturated carbocycles. The van der Waals surface area contributed by atoms with Crippen LogP contribution < -0.4 is 5.73 Å². The number of aryl methyl sites for hydroxylation is 2. The molecule has 72 valence electrons. The lowest BCUT2D eigenvalue weighted by Gasteiger charge is -2.05. The van der Waals surface area contributed by atoms with E-state index in [4.69, 9.17) is 5.73 Å². The van der Waals surface area contributed by atoms with Gasteiger partial charge in [0.05, 0.1) is 0 Å². The number of nitrogens with zero attached hydrogens (tertiary/aromatic N) is 1. The van der Waals surface area contributed by atoms with E-state index in [2.05, 4.69) is 16.9 Å². The lowest BCUT2D eigenvalue weighted by molar-refractivity contribution is 0.604. The lowest BCUT2D eigenvalue weighted by atomic mass is 10.1. The molecule has 2 rings (SSSR count). The van der Waals surface area contributed by atoms with Crippen LogP contribution in [0.4, 0.5) is 0 Å². The molecule has 1 fully saturated rings. The summed E-state index contributed by atoms with van der Waals surface area (Å²) in [5.74, 6) is 1.08. The molecule has 0 radical (unpaired) electrons. The quantitative estimate of drug-likeness (QED) is 0.734. The summed E-state index contributed by atoms with van der Waals surface area (Å²) < 4.78 is 0. The van der Waals surface area contributed by atoms with Crippen LogP contribution in [-0.2, 0) is 12.8 Å². The summed E-state index contributed by atoms with van der Waals surface area (Å²) in [4.78, 5) is 7.56. The Morgan fingerprint density at radius 2 is 2.38 bits per heavy atom. The zero-order valence-electron chi connectivity index (χ0n) is 8.14. The summed E-state index contributed by atoms with van der Waals surface area (Å²) >= 11 is 0. The maximum absolute atomic E-state index is 6.00. The van der Waals surface area contributed by atoms with Crippen LogP contribution in [0.1, 0.15) is 37.7 Å². The molecule has 1 heterocycles. The van der Waals surface area contributed by atoms with Gasteiger partial charge in [-0.05, 0) is 25.7 Å². The Morgan fingerprint density at radius 1 is 1.62 bits per heavy atom. The molecule has 0 amide bonds. The molecule has 13 heavy (non-hydrogen) atoms. The average molecular weight is 179 g/mol. The van der Waals surface area contributed by atoms with Crippen molar-refractivity contribution in [1.29, 1.82) is 0 Å². The molecule has 1 aliphatic rings. The number of aromatic nitrogens is 2. The van der Waals surface area contributed by atoms with E-state index >= 15 is 0 Å². The van der Waals surface area contributed by atoms with Gasteiger partial charge >= 0.3 is 0 Å². The van der Waals surface area contributed by atoms with Gasteiger partial charge in [-0.3, -0.25) is 0 Å². The Hall–Kier alpha value is -0.830. The second kappa shape index (κ2) is 3.14. The van der Waals surface area contributed by atoms with Gasteiger partial charge in [-0.2, -0.15) is 0 Å². The predicted molar refractivity (Wildman–Crippen MR) is 52.4 cm³/mol. The summed E-state index contributed by atoms with van der Waals surface area (Å²) in [6.45, 7) is 2.11. The zero-order valence-corrected chi connectivity index (χ0v) is 8.14. The number of nitrogens with one attached hydrogen (secondary N) is 1. The molecular weight excluding hydrogens is 162 g/mol. The fourth-order valence-corrected chi connectivity index (χ4v) is 1.51. The van der Waals surface area contributed by atoms with E-state index in [0.717, 1.165) is 25.1 Å². The maximum atomic E-state index is 6.00. The van der Waals surface area contributed by atoms with E-state index in [0.29, 0.717) is 0 Å². The maximum Gasteiger partial charge on any atom is 0.105 e. The molecule has 0 atom stereocenters. The first-order valence-corrected chi connectivity index (χ1v) is 5.03. The van der Waals surface area contributed by atoms with Crippen molar-refractivity contribution in [2.24, 2.45) is 5.73 Å². The second-order valence-corrected chi connectivity index (χ2v) is 4.07. The number of H-pyrrole nitrogens is 1. The lowest BCUT2D eigenvalue weighted by Crippen LogP contribution is -2.22. The van der Waals surface area contributed by atoms with E-state index in [1.54, 1.807) is 0 Å². The van der Waals surface area contributed by atoms with Gasteiger partial charge in [0.25, 0.3) is 0 Å². The molecule has 0 bridgehead atoms. The van der Waals surface area contributed by atoms with Crippen molar-refractivity contribution < 1.29 is 0 Å². The smallest absolute Gasteiger partial charge is 0.105 e. The number of hydrogen-bond acceptors (Lipinski definition) is 2. The molecular formula is C10H17N3. The van der Waals surface area contributed by atoms with Crippen LogP contribution in [0.3, 0.4) is 0 Å². The van der Waals surface area contributed by atoms with E-state index in [1.807, 2.05) is 6.20 Å². The highest BCUT2D eigenvalue weighted by atomic mass is 14.9. The first kappa shape index (κ1) is 8.75. The average Bonchev–Trinajstić information content (AvgIpc) is 2.69. The summed E-state index contributed by atoms with van der Waals surface area (Å²) in [6, 6.07) is 0. The minimum absolute atomic E-state index is 0.164. The highest BCUT2D eigenvalue weighted by molar-refractivity contribution is 5.06. The Bertz CT molecular complexity index is 286.